The van der Waals surface area contributed by atoms with Crippen LogP contribution < -0.4 is 10.6 Å². The summed E-state index contributed by atoms with van der Waals surface area (Å²) in [5.41, 5.74) is 0. The number of hydrogen-bond donors (Lipinski definition) is 2. The lowest BCUT2D eigenvalue weighted by Gasteiger charge is -2.29. The van der Waals surface area contributed by atoms with Crippen LogP contribution >= 0.6 is 0 Å². The van der Waals surface area contributed by atoms with Crippen LogP contribution in [0.2, 0.25) is 0 Å². The highest BCUT2D eigenvalue weighted by Crippen LogP contribution is 2.12. The summed E-state index contributed by atoms with van der Waals surface area (Å²) in [6, 6.07) is -0.611. The van der Waals surface area contributed by atoms with Crippen LogP contribution in [-0.4, -0.2) is 42.0 Å². The Hall–Kier alpha value is -1.10. The molecule has 110 valence electrons. The van der Waals surface area contributed by atoms with Gasteiger partial charge >= 0.3 is 6.03 Å². The van der Waals surface area contributed by atoms with Crippen molar-refractivity contribution >= 4 is 11.9 Å². The van der Waals surface area contributed by atoms with Crippen LogP contribution in [0.15, 0.2) is 0 Å². The second-order valence-corrected chi connectivity index (χ2v) is 5.60. The molecular weight excluding hydrogens is 242 g/mol. The van der Waals surface area contributed by atoms with E-state index in [9.17, 15) is 9.59 Å². The zero-order valence-corrected chi connectivity index (χ0v) is 12.4. The molecule has 0 spiro atoms. The summed E-state index contributed by atoms with van der Waals surface area (Å²) < 4.78 is 0. The second kappa shape index (κ2) is 8.15. The van der Waals surface area contributed by atoms with E-state index in [-0.39, 0.29) is 18.0 Å². The number of imide groups is 1. The average Bonchev–Trinajstić information content (AvgIpc) is 2.26. The van der Waals surface area contributed by atoms with E-state index in [1.54, 1.807) is 0 Å². The van der Waals surface area contributed by atoms with Crippen molar-refractivity contribution in [1.82, 2.24) is 15.5 Å². The largest absolute Gasteiger partial charge is 0.336 e. The Morgan fingerprint density at radius 3 is 2.00 bits per heavy atom. The molecule has 0 saturated carbocycles. The Kier molecular flexibility index (Phi) is 6.84. The van der Waals surface area contributed by atoms with Gasteiger partial charge in [0.2, 0.25) is 5.91 Å². The maximum atomic E-state index is 12.0. The fraction of sp³-hybridized carbons (Fsp3) is 0.857. The smallest absolute Gasteiger partial charge is 0.321 e. The first-order chi connectivity index (χ1) is 9.00. The van der Waals surface area contributed by atoms with E-state index < -0.39 is 6.03 Å². The van der Waals surface area contributed by atoms with E-state index in [0.717, 1.165) is 25.9 Å². The van der Waals surface area contributed by atoms with Crippen molar-refractivity contribution in [3.05, 3.63) is 0 Å². The van der Waals surface area contributed by atoms with Crippen molar-refractivity contribution in [3.8, 4) is 0 Å². The number of nitrogens with zero attached hydrogens (tertiary/aromatic N) is 1. The molecular formula is C14H27N3O2. The van der Waals surface area contributed by atoms with Gasteiger partial charge in [0.1, 0.15) is 0 Å². The maximum Gasteiger partial charge on any atom is 0.321 e. The molecule has 0 aromatic carbocycles. The molecule has 1 saturated heterocycles. The van der Waals surface area contributed by atoms with Crippen molar-refractivity contribution in [1.29, 1.82) is 0 Å². The first kappa shape index (κ1) is 16.0. The fourth-order valence-corrected chi connectivity index (χ4v) is 2.34. The van der Waals surface area contributed by atoms with Gasteiger partial charge < -0.3 is 5.32 Å². The Morgan fingerprint density at radius 2 is 1.47 bits per heavy atom. The van der Waals surface area contributed by atoms with Gasteiger partial charge in [0.15, 0.2) is 0 Å². The van der Waals surface area contributed by atoms with E-state index in [2.05, 4.69) is 15.5 Å². The van der Waals surface area contributed by atoms with Gasteiger partial charge in [-0.1, -0.05) is 19.3 Å². The highest BCUT2D eigenvalue weighted by molar-refractivity contribution is 5.96. The van der Waals surface area contributed by atoms with Gasteiger partial charge in [-0.05, 0) is 46.7 Å². The van der Waals surface area contributed by atoms with E-state index >= 15 is 0 Å². The van der Waals surface area contributed by atoms with Gasteiger partial charge in [-0.2, -0.15) is 0 Å². The van der Waals surface area contributed by atoms with Crippen LogP contribution in [0.25, 0.3) is 0 Å². The van der Waals surface area contributed by atoms with Gasteiger partial charge in [0.05, 0.1) is 6.04 Å². The molecule has 3 amide bonds. The van der Waals surface area contributed by atoms with Crippen LogP contribution in [0.4, 0.5) is 4.79 Å². The van der Waals surface area contributed by atoms with E-state index in [1.165, 1.54) is 19.3 Å². The molecule has 5 heteroatoms. The van der Waals surface area contributed by atoms with Crippen LogP contribution in [0.3, 0.4) is 0 Å². The summed E-state index contributed by atoms with van der Waals surface area (Å²) >= 11 is 0. The molecule has 1 fully saturated rings. The molecule has 19 heavy (non-hydrogen) atoms. The zero-order chi connectivity index (χ0) is 14.3. The predicted octanol–water partition coefficient (Wildman–Crippen LogP) is 1.88. The number of carbonyl (C=O) groups is 2. The molecule has 0 aromatic rings. The van der Waals surface area contributed by atoms with Crippen molar-refractivity contribution in [2.24, 2.45) is 0 Å². The minimum Gasteiger partial charge on any atom is -0.336 e. The van der Waals surface area contributed by atoms with Crippen LogP contribution in [0.5, 0.6) is 0 Å². The van der Waals surface area contributed by atoms with Gasteiger partial charge in [-0.3, -0.25) is 15.0 Å². The van der Waals surface area contributed by atoms with Crippen LogP contribution in [0.1, 0.15) is 52.9 Å². The Bertz CT molecular complexity index is 297. The molecule has 1 aliphatic heterocycles. The molecule has 1 atom stereocenters. The molecule has 2 N–H and O–H groups in total. The van der Waals surface area contributed by atoms with E-state index in [1.807, 2.05) is 20.8 Å². The lowest BCUT2D eigenvalue weighted by molar-refractivity contribution is -0.124. The standard InChI is InChI=1S/C14H27N3O2/c1-11(2)15-14(19)16-13(18)12(3)17-9-7-5-4-6-8-10-17/h11-12H,4-10H2,1-3H3,(H2,15,16,18,19)/t12-/m0/s1. The Labute approximate surface area is 116 Å². The summed E-state index contributed by atoms with van der Waals surface area (Å²) in [6.45, 7) is 7.50. The molecule has 0 aliphatic carbocycles. The molecule has 1 aliphatic rings. The number of likely N-dealkylation sites (tertiary alicyclic amines) is 1. The number of hydrogen-bond acceptors (Lipinski definition) is 3. The number of rotatable bonds is 3. The summed E-state index contributed by atoms with van der Waals surface area (Å²) in [6.07, 6.45) is 6.04. The van der Waals surface area contributed by atoms with Crippen LogP contribution in [0, 0.1) is 0 Å². The quantitative estimate of drug-likeness (QED) is 0.822. The third-order valence-corrected chi connectivity index (χ3v) is 3.47. The first-order valence-corrected chi connectivity index (χ1v) is 7.36. The third kappa shape index (κ3) is 6.05. The minimum absolute atomic E-state index is 0.0322. The molecule has 0 radical (unpaired) electrons. The van der Waals surface area contributed by atoms with Gasteiger partial charge in [-0.25, -0.2) is 4.79 Å². The number of nitrogens with one attached hydrogen (secondary N) is 2. The van der Waals surface area contributed by atoms with Gasteiger partial charge in [0, 0.05) is 6.04 Å². The van der Waals surface area contributed by atoms with Crippen LogP contribution in [-0.2, 0) is 4.79 Å². The molecule has 1 rings (SSSR count). The summed E-state index contributed by atoms with van der Waals surface area (Å²) in [7, 11) is 0. The van der Waals surface area contributed by atoms with Crippen molar-refractivity contribution in [2.75, 3.05) is 13.1 Å². The molecule has 1 heterocycles. The van der Waals surface area contributed by atoms with Gasteiger partial charge in [-0.15, -0.1) is 0 Å². The maximum absolute atomic E-state index is 12.0. The van der Waals surface area contributed by atoms with Crippen molar-refractivity contribution < 1.29 is 9.59 Å². The van der Waals surface area contributed by atoms with Crippen molar-refractivity contribution in [3.63, 3.8) is 0 Å². The number of urea groups is 1. The molecule has 0 bridgehead atoms. The summed E-state index contributed by atoms with van der Waals surface area (Å²) in [5.74, 6) is -0.210. The molecule has 0 unspecified atom stereocenters. The highest BCUT2D eigenvalue weighted by Gasteiger charge is 2.23. The lowest BCUT2D eigenvalue weighted by atomic mass is 10.1. The Balaban J connectivity index is 2.43. The number of amides is 3. The Morgan fingerprint density at radius 1 is 0.947 bits per heavy atom. The first-order valence-electron chi connectivity index (χ1n) is 7.36. The molecule has 5 nitrogen and oxygen atoms in total. The normalized spacial score (nSPS) is 19.4. The molecule has 0 aromatic heterocycles. The second-order valence-electron chi connectivity index (χ2n) is 5.60. The number of carbonyl (C=O) groups excluding carboxylic acids is 2. The van der Waals surface area contributed by atoms with E-state index in [4.69, 9.17) is 0 Å². The minimum atomic E-state index is -0.404. The SMILES string of the molecule is CC(C)NC(=O)NC(=O)[C@H](C)N1CCCCCCC1. The summed E-state index contributed by atoms with van der Waals surface area (Å²) in [5, 5.41) is 5.08. The lowest BCUT2D eigenvalue weighted by Crippen LogP contribution is -2.51. The monoisotopic (exact) mass is 269 g/mol. The topological polar surface area (TPSA) is 61.4 Å². The van der Waals surface area contributed by atoms with E-state index in [0.29, 0.717) is 0 Å². The fourth-order valence-electron chi connectivity index (χ4n) is 2.34. The third-order valence-electron chi connectivity index (χ3n) is 3.47. The summed E-state index contributed by atoms with van der Waals surface area (Å²) in [4.78, 5) is 25.7. The predicted molar refractivity (Wildman–Crippen MR) is 75.9 cm³/mol. The highest BCUT2D eigenvalue weighted by atomic mass is 16.2. The zero-order valence-electron chi connectivity index (χ0n) is 12.4. The average molecular weight is 269 g/mol. The van der Waals surface area contributed by atoms with Crippen molar-refractivity contribution in [2.45, 2.75) is 65.0 Å². The van der Waals surface area contributed by atoms with Gasteiger partial charge in [0.25, 0.3) is 0 Å².